The van der Waals surface area contributed by atoms with E-state index in [-0.39, 0.29) is 10.6 Å². The Labute approximate surface area is 115 Å². The van der Waals surface area contributed by atoms with E-state index < -0.39 is 10.0 Å². The average molecular weight is 297 g/mol. The minimum Gasteiger partial charge on any atom is -0.223 e. The summed E-state index contributed by atoms with van der Waals surface area (Å²) < 4.78 is 24.4. The molecule has 2 aromatic rings. The third-order valence-corrected chi connectivity index (χ3v) is 3.64. The predicted octanol–water partition coefficient (Wildman–Crippen LogP) is 1.35. The van der Waals surface area contributed by atoms with Crippen LogP contribution in [0.15, 0.2) is 29.3 Å². The van der Waals surface area contributed by atoms with Gasteiger partial charge in [-0.1, -0.05) is 11.6 Å². The van der Waals surface area contributed by atoms with Gasteiger partial charge in [0.25, 0.3) is 10.0 Å². The van der Waals surface area contributed by atoms with Crippen LogP contribution < -0.4 is 5.14 Å². The number of sulfonamides is 1. The molecule has 2 rings (SSSR count). The van der Waals surface area contributed by atoms with Gasteiger partial charge in [-0.05, 0) is 31.2 Å². The Balaban J connectivity index is 2.79. The van der Waals surface area contributed by atoms with Crippen molar-refractivity contribution in [2.45, 2.75) is 11.9 Å². The van der Waals surface area contributed by atoms with Crippen molar-refractivity contribution in [2.24, 2.45) is 5.14 Å². The SMILES string of the molecule is Cc1nn(-c2ccc(Cl)cc2)c(S(N)(=O)=O)c1C#N. The number of nitrogens with two attached hydrogens (primary N) is 1. The van der Waals surface area contributed by atoms with E-state index in [1.54, 1.807) is 37.3 Å². The topological polar surface area (TPSA) is 102 Å². The number of nitriles is 1. The molecule has 0 saturated heterocycles. The molecule has 0 atom stereocenters. The summed E-state index contributed by atoms with van der Waals surface area (Å²) >= 11 is 5.77. The van der Waals surface area contributed by atoms with Gasteiger partial charge in [0, 0.05) is 5.02 Å². The third kappa shape index (κ3) is 2.46. The number of benzene rings is 1. The number of hydrogen-bond donors (Lipinski definition) is 1. The lowest BCUT2D eigenvalue weighted by Crippen LogP contribution is -2.18. The minimum atomic E-state index is -4.07. The van der Waals surface area contributed by atoms with E-state index in [0.29, 0.717) is 16.4 Å². The summed E-state index contributed by atoms with van der Waals surface area (Å²) in [6.45, 7) is 1.54. The lowest BCUT2D eigenvalue weighted by Gasteiger charge is -2.05. The molecule has 0 fully saturated rings. The summed E-state index contributed by atoms with van der Waals surface area (Å²) in [7, 11) is -4.07. The number of rotatable bonds is 2. The number of aromatic nitrogens is 2. The zero-order valence-electron chi connectivity index (χ0n) is 9.83. The molecule has 0 radical (unpaired) electrons. The van der Waals surface area contributed by atoms with E-state index in [1.165, 1.54) is 0 Å². The molecule has 1 aromatic carbocycles. The van der Waals surface area contributed by atoms with Gasteiger partial charge in [-0.15, -0.1) is 0 Å². The van der Waals surface area contributed by atoms with Crippen molar-refractivity contribution in [3.63, 3.8) is 0 Å². The molecule has 2 N–H and O–H groups in total. The Morgan fingerprint density at radius 2 is 1.95 bits per heavy atom. The number of nitrogens with zero attached hydrogens (tertiary/aromatic N) is 3. The molecule has 0 saturated carbocycles. The summed E-state index contributed by atoms with van der Waals surface area (Å²) in [5.74, 6) is 0. The first-order valence-electron chi connectivity index (χ1n) is 5.13. The maximum absolute atomic E-state index is 11.6. The van der Waals surface area contributed by atoms with Crippen LogP contribution >= 0.6 is 11.6 Å². The van der Waals surface area contributed by atoms with Crippen LogP contribution in [0.1, 0.15) is 11.3 Å². The largest absolute Gasteiger partial charge is 0.257 e. The highest BCUT2D eigenvalue weighted by Gasteiger charge is 2.25. The number of primary sulfonamides is 1. The molecule has 1 heterocycles. The highest BCUT2D eigenvalue weighted by molar-refractivity contribution is 7.89. The zero-order valence-corrected chi connectivity index (χ0v) is 11.4. The first kappa shape index (κ1) is 13.5. The second-order valence-electron chi connectivity index (χ2n) is 3.81. The summed E-state index contributed by atoms with van der Waals surface area (Å²) in [5.41, 5.74) is 0.692. The van der Waals surface area contributed by atoms with Crippen LogP contribution in [0.4, 0.5) is 0 Å². The molecular formula is C11H9ClN4O2S. The summed E-state index contributed by atoms with van der Waals surface area (Å²) in [5, 5.41) is 18.4. The summed E-state index contributed by atoms with van der Waals surface area (Å²) in [6.07, 6.45) is 0. The van der Waals surface area contributed by atoms with Crippen molar-refractivity contribution in [1.82, 2.24) is 9.78 Å². The minimum absolute atomic E-state index is 0.0579. The van der Waals surface area contributed by atoms with E-state index in [4.69, 9.17) is 22.0 Å². The van der Waals surface area contributed by atoms with Crippen LogP contribution in [0, 0.1) is 18.3 Å². The second-order valence-corrected chi connectivity index (χ2v) is 5.72. The Morgan fingerprint density at radius 3 is 2.42 bits per heavy atom. The summed E-state index contributed by atoms with van der Waals surface area (Å²) in [4.78, 5) is 0. The Bertz CT molecular complexity index is 772. The van der Waals surface area contributed by atoms with Gasteiger partial charge < -0.3 is 0 Å². The molecule has 98 valence electrons. The van der Waals surface area contributed by atoms with Crippen molar-refractivity contribution in [3.05, 3.63) is 40.5 Å². The van der Waals surface area contributed by atoms with Gasteiger partial charge in [-0.2, -0.15) is 10.4 Å². The van der Waals surface area contributed by atoms with Gasteiger partial charge >= 0.3 is 0 Å². The highest BCUT2D eigenvalue weighted by Crippen LogP contribution is 2.22. The fourth-order valence-electron chi connectivity index (χ4n) is 1.65. The predicted molar refractivity (Wildman–Crippen MR) is 69.4 cm³/mol. The van der Waals surface area contributed by atoms with Crippen LogP contribution in [-0.4, -0.2) is 18.2 Å². The van der Waals surface area contributed by atoms with Crippen LogP contribution in [-0.2, 0) is 10.0 Å². The van der Waals surface area contributed by atoms with E-state index in [9.17, 15) is 8.42 Å². The normalized spacial score (nSPS) is 11.3. The van der Waals surface area contributed by atoms with Crippen LogP contribution in [0.25, 0.3) is 5.69 Å². The molecule has 0 amide bonds. The van der Waals surface area contributed by atoms with Crippen LogP contribution in [0.2, 0.25) is 5.02 Å². The fourth-order valence-corrected chi connectivity index (χ4v) is 2.65. The maximum atomic E-state index is 11.6. The number of hydrogen-bond acceptors (Lipinski definition) is 4. The molecule has 0 spiro atoms. The van der Waals surface area contributed by atoms with Crippen molar-refractivity contribution < 1.29 is 8.42 Å². The summed E-state index contributed by atoms with van der Waals surface area (Å²) in [6, 6.07) is 8.16. The van der Waals surface area contributed by atoms with Crippen molar-refractivity contribution >= 4 is 21.6 Å². The zero-order chi connectivity index (χ0) is 14.2. The Hall–Kier alpha value is -1.88. The molecule has 0 bridgehead atoms. The fraction of sp³-hybridized carbons (Fsp3) is 0.0909. The quantitative estimate of drug-likeness (QED) is 0.903. The molecule has 0 unspecified atom stereocenters. The molecule has 0 aliphatic carbocycles. The van der Waals surface area contributed by atoms with Crippen molar-refractivity contribution in [3.8, 4) is 11.8 Å². The van der Waals surface area contributed by atoms with Crippen LogP contribution in [0.3, 0.4) is 0 Å². The number of aryl methyl sites for hydroxylation is 1. The van der Waals surface area contributed by atoms with Gasteiger partial charge in [0.15, 0.2) is 5.03 Å². The first-order valence-corrected chi connectivity index (χ1v) is 7.05. The lowest BCUT2D eigenvalue weighted by molar-refractivity contribution is 0.587. The van der Waals surface area contributed by atoms with Gasteiger partial charge in [-0.3, -0.25) is 0 Å². The molecule has 19 heavy (non-hydrogen) atoms. The highest BCUT2D eigenvalue weighted by atomic mass is 35.5. The third-order valence-electron chi connectivity index (χ3n) is 2.47. The molecule has 0 aliphatic heterocycles. The van der Waals surface area contributed by atoms with Gasteiger partial charge in [0.2, 0.25) is 0 Å². The van der Waals surface area contributed by atoms with Gasteiger partial charge in [0.05, 0.1) is 11.4 Å². The van der Waals surface area contributed by atoms with Crippen molar-refractivity contribution in [2.75, 3.05) is 0 Å². The second kappa shape index (κ2) is 4.66. The first-order chi connectivity index (χ1) is 8.84. The number of halogens is 1. The monoisotopic (exact) mass is 296 g/mol. The van der Waals surface area contributed by atoms with E-state index in [1.807, 2.05) is 0 Å². The van der Waals surface area contributed by atoms with Crippen molar-refractivity contribution in [1.29, 1.82) is 5.26 Å². The van der Waals surface area contributed by atoms with Crippen LogP contribution in [0.5, 0.6) is 0 Å². The average Bonchev–Trinajstić information content (AvgIpc) is 2.66. The standard InChI is InChI=1S/C11H9ClN4O2S/c1-7-10(6-13)11(19(14,17)18)16(15-7)9-4-2-8(12)3-5-9/h2-5H,1H3,(H2,14,17,18). The molecule has 1 aromatic heterocycles. The molecule has 8 heteroatoms. The maximum Gasteiger partial charge on any atom is 0.257 e. The molecule has 0 aliphatic rings. The Morgan fingerprint density at radius 1 is 1.37 bits per heavy atom. The lowest BCUT2D eigenvalue weighted by atomic mass is 10.3. The van der Waals surface area contributed by atoms with E-state index in [0.717, 1.165) is 4.68 Å². The molecular weight excluding hydrogens is 288 g/mol. The van der Waals surface area contributed by atoms with Gasteiger partial charge in [-0.25, -0.2) is 18.2 Å². The van der Waals surface area contributed by atoms with E-state index >= 15 is 0 Å². The smallest absolute Gasteiger partial charge is 0.223 e. The van der Waals surface area contributed by atoms with E-state index in [2.05, 4.69) is 5.10 Å². The Kier molecular flexibility index (Phi) is 3.32. The van der Waals surface area contributed by atoms with Gasteiger partial charge in [0.1, 0.15) is 11.6 Å². The molecule has 6 nitrogen and oxygen atoms in total.